The molecule has 2 aliphatic rings. The van der Waals surface area contributed by atoms with Crippen LogP contribution in [0.25, 0.3) is 0 Å². The summed E-state index contributed by atoms with van der Waals surface area (Å²) < 4.78 is 5.36. The minimum Gasteiger partial charge on any atom is -0.394 e. The monoisotopic (exact) mass is 272 g/mol. The first-order valence-corrected chi connectivity index (χ1v) is 8.24. The lowest BCUT2D eigenvalue weighted by Gasteiger charge is -2.32. The summed E-state index contributed by atoms with van der Waals surface area (Å²) in [5, 5.41) is 8.66. The maximum Gasteiger partial charge on any atom is 0.127 e. The van der Waals surface area contributed by atoms with Gasteiger partial charge in [0.25, 0.3) is 0 Å². The Kier molecular flexibility index (Phi) is 7.14. The predicted octanol–water partition coefficient (Wildman–Crippen LogP) is -1.64. The van der Waals surface area contributed by atoms with Crippen LogP contribution < -0.4 is 9.80 Å². The van der Waals surface area contributed by atoms with Crippen LogP contribution in [0.15, 0.2) is 0 Å². The van der Waals surface area contributed by atoms with Gasteiger partial charge in [0.15, 0.2) is 0 Å². The Bertz CT molecular complexity index is 224. The highest BCUT2D eigenvalue weighted by Gasteiger charge is 2.25. The Morgan fingerprint density at radius 3 is 2.26 bits per heavy atom. The van der Waals surface area contributed by atoms with Gasteiger partial charge in [-0.2, -0.15) is 0 Å². The molecule has 3 N–H and O–H groups in total. The molecular weight excluding hydrogens is 240 g/mol. The van der Waals surface area contributed by atoms with Gasteiger partial charge in [-0.25, -0.2) is 0 Å². The van der Waals surface area contributed by atoms with Crippen LogP contribution in [0.1, 0.15) is 32.1 Å². The molecule has 0 aromatic carbocycles. The molecule has 0 bridgehead atoms. The van der Waals surface area contributed by atoms with Gasteiger partial charge in [0, 0.05) is 5.92 Å². The van der Waals surface area contributed by atoms with Crippen molar-refractivity contribution < 1.29 is 19.6 Å². The highest BCUT2D eigenvalue weighted by Crippen LogP contribution is 2.21. The Morgan fingerprint density at radius 1 is 0.895 bits per heavy atom. The standard InChI is InChI=1S/C15H30N2O2/c18-11-13-19-12-10-16-6-8-17(9-7-16)14-15-4-2-1-3-5-15/h15,18H,1-14H2/p+2. The first kappa shape index (κ1) is 15.2. The maximum absolute atomic E-state index is 8.66. The van der Waals surface area contributed by atoms with E-state index in [1.54, 1.807) is 4.90 Å². The van der Waals surface area contributed by atoms with Crippen molar-refractivity contribution in [2.45, 2.75) is 32.1 Å². The molecule has 112 valence electrons. The number of aliphatic hydroxyl groups excluding tert-OH is 1. The lowest BCUT2D eigenvalue weighted by Crippen LogP contribution is -3.28. The van der Waals surface area contributed by atoms with Crippen LogP contribution in [-0.2, 0) is 4.74 Å². The van der Waals surface area contributed by atoms with Gasteiger partial charge in [0.1, 0.15) is 32.7 Å². The normalized spacial score (nSPS) is 29.5. The van der Waals surface area contributed by atoms with Crippen LogP contribution in [0.4, 0.5) is 0 Å². The van der Waals surface area contributed by atoms with E-state index < -0.39 is 0 Å². The third-order valence-corrected chi connectivity index (χ3v) is 4.80. The van der Waals surface area contributed by atoms with Crippen LogP contribution in [0.2, 0.25) is 0 Å². The molecule has 4 heteroatoms. The van der Waals surface area contributed by atoms with Gasteiger partial charge in [-0.3, -0.25) is 0 Å². The summed E-state index contributed by atoms with van der Waals surface area (Å²) >= 11 is 0. The predicted molar refractivity (Wildman–Crippen MR) is 75.6 cm³/mol. The zero-order valence-electron chi connectivity index (χ0n) is 12.3. The molecule has 0 aromatic rings. The van der Waals surface area contributed by atoms with Gasteiger partial charge in [-0.05, 0) is 12.8 Å². The summed E-state index contributed by atoms with van der Waals surface area (Å²) in [5.41, 5.74) is 0. The van der Waals surface area contributed by atoms with E-state index in [0.29, 0.717) is 6.61 Å². The Labute approximate surface area is 117 Å². The fourth-order valence-electron chi connectivity index (χ4n) is 3.59. The number of hydrogen-bond acceptors (Lipinski definition) is 2. The molecule has 0 unspecified atom stereocenters. The molecule has 1 aliphatic carbocycles. The Hall–Kier alpha value is -0.160. The van der Waals surface area contributed by atoms with E-state index in [2.05, 4.69) is 0 Å². The van der Waals surface area contributed by atoms with E-state index in [4.69, 9.17) is 9.84 Å². The lowest BCUT2D eigenvalue weighted by molar-refractivity contribution is -1.01. The molecule has 0 amide bonds. The second-order valence-electron chi connectivity index (χ2n) is 6.29. The zero-order valence-corrected chi connectivity index (χ0v) is 12.3. The fourth-order valence-corrected chi connectivity index (χ4v) is 3.59. The van der Waals surface area contributed by atoms with Crippen molar-refractivity contribution in [1.29, 1.82) is 0 Å². The number of aliphatic hydroxyl groups is 1. The van der Waals surface area contributed by atoms with Crippen LogP contribution in [-0.4, -0.2) is 64.2 Å². The molecule has 0 spiro atoms. The number of piperazine rings is 1. The minimum absolute atomic E-state index is 0.147. The first-order chi connectivity index (χ1) is 9.38. The molecule has 1 saturated carbocycles. The second kappa shape index (κ2) is 8.90. The van der Waals surface area contributed by atoms with Gasteiger partial charge in [0.2, 0.25) is 0 Å². The Morgan fingerprint density at radius 2 is 1.58 bits per heavy atom. The van der Waals surface area contributed by atoms with Gasteiger partial charge in [-0.1, -0.05) is 19.3 Å². The quantitative estimate of drug-likeness (QED) is 0.486. The molecule has 1 heterocycles. The van der Waals surface area contributed by atoms with E-state index in [-0.39, 0.29) is 6.61 Å². The van der Waals surface area contributed by atoms with Crippen molar-refractivity contribution in [3.05, 3.63) is 0 Å². The second-order valence-corrected chi connectivity index (χ2v) is 6.29. The molecule has 19 heavy (non-hydrogen) atoms. The molecule has 2 fully saturated rings. The van der Waals surface area contributed by atoms with E-state index in [1.165, 1.54) is 64.8 Å². The molecule has 1 saturated heterocycles. The molecular formula is C15H32N2O2+2. The molecule has 0 aromatic heterocycles. The summed E-state index contributed by atoms with van der Waals surface area (Å²) in [6, 6.07) is 0. The average molecular weight is 272 g/mol. The molecule has 2 rings (SSSR count). The number of rotatable bonds is 7. The van der Waals surface area contributed by atoms with Crippen LogP contribution in [0.5, 0.6) is 0 Å². The van der Waals surface area contributed by atoms with Crippen molar-refractivity contribution in [3.8, 4) is 0 Å². The van der Waals surface area contributed by atoms with Gasteiger partial charge < -0.3 is 19.6 Å². The number of hydrogen-bond donors (Lipinski definition) is 3. The van der Waals surface area contributed by atoms with Crippen molar-refractivity contribution in [2.24, 2.45) is 5.92 Å². The number of quaternary nitrogens is 2. The fraction of sp³-hybridized carbons (Fsp3) is 1.00. The van der Waals surface area contributed by atoms with Crippen LogP contribution in [0, 0.1) is 5.92 Å². The number of ether oxygens (including phenoxy) is 1. The largest absolute Gasteiger partial charge is 0.394 e. The van der Waals surface area contributed by atoms with Crippen LogP contribution in [0.3, 0.4) is 0 Å². The van der Waals surface area contributed by atoms with Crippen molar-refractivity contribution >= 4 is 0 Å². The summed E-state index contributed by atoms with van der Waals surface area (Å²) in [4.78, 5) is 3.53. The summed E-state index contributed by atoms with van der Waals surface area (Å²) in [6.07, 6.45) is 7.37. The highest BCUT2D eigenvalue weighted by molar-refractivity contribution is 4.64. The third-order valence-electron chi connectivity index (χ3n) is 4.80. The highest BCUT2D eigenvalue weighted by atomic mass is 16.5. The smallest absolute Gasteiger partial charge is 0.127 e. The van der Waals surface area contributed by atoms with Gasteiger partial charge >= 0.3 is 0 Å². The van der Waals surface area contributed by atoms with Crippen molar-refractivity contribution in [3.63, 3.8) is 0 Å². The minimum atomic E-state index is 0.147. The summed E-state index contributed by atoms with van der Waals surface area (Å²) in [7, 11) is 0. The van der Waals surface area contributed by atoms with Crippen LogP contribution >= 0.6 is 0 Å². The topological polar surface area (TPSA) is 38.3 Å². The van der Waals surface area contributed by atoms with Crippen molar-refractivity contribution in [2.75, 3.05) is 59.1 Å². The SMILES string of the molecule is OCCOCC[NH+]1CC[NH+](CC2CCCCC2)CC1. The van der Waals surface area contributed by atoms with E-state index in [1.807, 2.05) is 4.90 Å². The first-order valence-electron chi connectivity index (χ1n) is 8.24. The summed E-state index contributed by atoms with van der Waals surface area (Å²) in [6.45, 7) is 9.24. The van der Waals surface area contributed by atoms with E-state index >= 15 is 0 Å². The molecule has 4 nitrogen and oxygen atoms in total. The molecule has 0 radical (unpaired) electrons. The molecule has 0 atom stereocenters. The summed E-state index contributed by atoms with van der Waals surface area (Å²) in [5.74, 6) is 1.01. The average Bonchev–Trinajstić information content (AvgIpc) is 2.46. The van der Waals surface area contributed by atoms with Gasteiger partial charge in [0.05, 0.1) is 26.4 Å². The molecule has 1 aliphatic heterocycles. The zero-order chi connectivity index (χ0) is 13.3. The van der Waals surface area contributed by atoms with E-state index in [9.17, 15) is 0 Å². The van der Waals surface area contributed by atoms with Gasteiger partial charge in [-0.15, -0.1) is 0 Å². The third kappa shape index (κ3) is 5.78. The van der Waals surface area contributed by atoms with Crippen molar-refractivity contribution in [1.82, 2.24) is 0 Å². The lowest BCUT2D eigenvalue weighted by atomic mass is 9.89. The maximum atomic E-state index is 8.66. The Balaban J connectivity index is 1.54. The van der Waals surface area contributed by atoms with E-state index in [0.717, 1.165) is 19.1 Å². The number of nitrogens with one attached hydrogen (secondary N) is 2.